The molecule has 0 aliphatic heterocycles. The van der Waals surface area contributed by atoms with Crippen LogP contribution < -0.4 is 4.72 Å². The fourth-order valence-electron chi connectivity index (χ4n) is 3.19. The van der Waals surface area contributed by atoms with Gasteiger partial charge in [-0.1, -0.05) is 63.8 Å². The van der Waals surface area contributed by atoms with E-state index in [1.807, 2.05) is 38.1 Å². The largest absolute Gasteiger partial charge is 0.270 e. The maximum Gasteiger partial charge on any atom is 0.270 e. The lowest BCUT2D eigenvalue weighted by Gasteiger charge is -2.20. The summed E-state index contributed by atoms with van der Waals surface area (Å²) in [6.45, 7) is 10.3. The Kier molecular flexibility index (Phi) is 8.39. The summed E-state index contributed by atoms with van der Waals surface area (Å²) in [5.74, 6) is 0.349. The van der Waals surface area contributed by atoms with Crippen LogP contribution in [0.1, 0.15) is 38.2 Å². The number of nitrogens with one attached hydrogen (secondary N) is 1. The van der Waals surface area contributed by atoms with Gasteiger partial charge in [-0.05, 0) is 53.6 Å². The van der Waals surface area contributed by atoms with E-state index in [1.165, 1.54) is 23.6 Å². The molecule has 3 aromatic rings. The first-order chi connectivity index (χ1) is 15.5. The van der Waals surface area contributed by atoms with Gasteiger partial charge in [0.2, 0.25) is 0 Å². The van der Waals surface area contributed by atoms with Crippen molar-refractivity contribution in [3.8, 4) is 0 Å². The summed E-state index contributed by atoms with van der Waals surface area (Å²) in [5.41, 5.74) is 3.36. The molecule has 1 N–H and O–H groups in total. The Balaban J connectivity index is 0.00000141. The lowest BCUT2D eigenvalue weighted by atomic mass is 9.91. The van der Waals surface area contributed by atoms with Crippen LogP contribution in [-0.2, 0) is 0 Å². The van der Waals surface area contributed by atoms with Gasteiger partial charge in [-0.2, -0.15) is 0 Å². The summed E-state index contributed by atoms with van der Waals surface area (Å²) in [7, 11) is 0. The van der Waals surface area contributed by atoms with Crippen LogP contribution in [0.2, 0.25) is 0 Å². The van der Waals surface area contributed by atoms with Gasteiger partial charge in [0.25, 0.3) is 5.69 Å². The number of nitro groups is 1. The van der Waals surface area contributed by atoms with Crippen molar-refractivity contribution in [1.29, 1.82) is 0 Å². The normalized spacial score (nSPS) is 16.3. The highest BCUT2D eigenvalue weighted by Gasteiger charge is 2.20. The van der Waals surface area contributed by atoms with Crippen molar-refractivity contribution in [2.24, 2.45) is 5.92 Å². The number of rotatable bonds is 7. The van der Waals surface area contributed by atoms with Crippen LogP contribution in [0.25, 0.3) is 10.2 Å². The summed E-state index contributed by atoms with van der Waals surface area (Å²) in [5, 5.41) is 12.1. The van der Waals surface area contributed by atoms with Crippen LogP contribution in [0.4, 0.5) is 5.69 Å². The molecule has 0 amide bonds. The number of fused-ring (bicyclic) bond motifs is 1. The number of hydrogen-bond donors (Lipinski definition) is 1. The van der Waals surface area contributed by atoms with Crippen molar-refractivity contribution in [3.63, 3.8) is 0 Å². The second-order valence-corrected chi connectivity index (χ2v) is 9.17. The summed E-state index contributed by atoms with van der Waals surface area (Å²) < 4.78 is 4.63. The van der Waals surface area contributed by atoms with Crippen molar-refractivity contribution in [1.82, 2.24) is 9.71 Å². The summed E-state index contributed by atoms with van der Waals surface area (Å²) in [6.07, 6.45) is 7.22. The first-order valence-electron chi connectivity index (χ1n) is 10.6. The molecule has 0 fully saturated rings. The highest BCUT2D eigenvalue weighted by molar-refractivity contribution is 7.97. The number of nitrogens with zero attached hydrogens (tertiary/aromatic N) is 2. The molecule has 2 atom stereocenters. The molecule has 2 aromatic carbocycles. The molecular weight excluding hydrogens is 438 g/mol. The van der Waals surface area contributed by atoms with Gasteiger partial charge in [0.15, 0.2) is 0 Å². The summed E-state index contributed by atoms with van der Waals surface area (Å²) >= 11 is 3.06. The maximum atomic E-state index is 11.1. The molecular formula is C25H27N3O2S2. The molecule has 32 heavy (non-hydrogen) atoms. The maximum absolute atomic E-state index is 11.1. The highest BCUT2D eigenvalue weighted by Crippen LogP contribution is 2.34. The second-order valence-electron chi connectivity index (χ2n) is 7.19. The number of non-ortho nitro benzene ring substituents is 1. The van der Waals surface area contributed by atoms with Crippen LogP contribution in [0.3, 0.4) is 0 Å². The van der Waals surface area contributed by atoms with Gasteiger partial charge in [-0.25, -0.2) is 9.71 Å². The zero-order valence-electron chi connectivity index (χ0n) is 18.4. The average Bonchev–Trinajstić information content (AvgIpc) is 3.24. The van der Waals surface area contributed by atoms with Crippen molar-refractivity contribution in [3.05, 3.63) is 99.6 Å². The van der Waals surface area contributed by atoms with E-state index in [2.05, 4.69) is 42.5 Å². The number of benzene rings is 2. The van der Waals surface area contributed by atoms with Crippen LogP contribution in [0, 0.1) is 16.0 Å². The molecule has 0 spiro atoms. The van der Waals surface area contributed by atoms with Gasteiger partial charge in [0.05, 0.1) is 21.2 Å². The molecule has 1 aliphatic rings. The molecule has 7 heteroatoms. The molecule has 1 aromatic heterocycles. The molecule has 2 unspecified atom stereocenters. The Hall–Kier alpha value is -2.74. The lowest BCUT2D eigenvalue weighted by molar-refractivity contribution is -0.385. The fraction of sp³-hybridized carbons (Fsp3) is 0.240. The standard InChI is InChI=1S/C23H21N3O2S2.C2H6/c1-15-10-11-17(12-16(15)2)13-21(23-24-20-8-3-4-9-22(20)29-23)25-30-19-7-5-6-18(14-19)26(27)28;1-2/h3-12,14-15,21,25H,2,13H2,1H3;1-2H3. The first kappa shape index (κ1) is 23.9. The van der Waals surface area contributed by atoms with E-state index in [-0.39, 0.29) is 16.7 Å². The zero-order valence-corrected chi connectivity index (χ0v) is 20.1. The minimum Gasteiger partial charge on any atom is -0.258 e. The topological polar surface area (TPSA) is 68.1 Å². The minimum atomic E-state index is -0.375. The first-order valence-corrected chi connectivity index (χ1v) is 12.2. The third kappa shape index (κ3) is 5.94. The summed E-state index contributed by atoms with van der Waals surface area (Å²) in [6, 6.07) is 14.7. The van der Waals surface area contributed by atoms with Crippen molar-refractivity contribution >= 4 is 39.2 Å². The number of aromatic nitrogens is 1. The molecule has 1 heterocycles. The molecule has 4 rings (SSSR count). The van der Waals surface area contributed by atoms with Crippen LogP contribution in [0.15, 0.2) is 89.4 Å². The Morgan fingerprint density at radius 3 is 2.75 bits per heavy atom. The molecule has 0 saturated carbocycles. The molecule has 0 bridgehead atoms. The quantitative estimate of drug-likeness (QED) is 0.220. The van der Waals surface area contributed by atoms with E-state index in [0.717, 1.165) is 32.1 Å². The van der Waals surface area contributed by atoms with E-state index >= 15 is 0 Å². The van der Waals surface area contributed by atoms with Gasteiger partial charge in [0, 0.05) is 17.0 Å². The summed E-state index contributed by atoms with van der Waals surface area (Å²) in [4.78, 5) is 16.3. The number of hydrogen-bond acceptors (Lipinski definition) is 6. The smallest absolute Gasteiger partial charge is 0.258 e. The van der Waals surface area contributed by atoms with E-state index in [1.54, 1.807) is 23.5 Å². The Bertz CT molecular complexity index is 1130. The number of nitro benzene ring substituents is 1. The average molecular weight is 466 g/mol. The van der Waals surface area contributed by atoms with Crippen LogP contribution in [-0.4, -0.2) is 9.91 Å². The van der Waals surface area contributed by atoms with Crippen molar-refractivity contribution in [2.75, 3.05) is 0 Å². The van der Waals surface area contributed by atoms with Gasteiger partial charge < -0.3 is 0 Å². The number of para-hydroxylation sites is 1. The van der Waals surface area contributed by atoms with Crippen molar-refractivity contribution in [2.45, 2.75) is 38.1 Å². The Morgan fingerprint density at radius 2 is 2.03 bits per heavy atom. The van der Waals surface area contributed by atoms with E-state index in [0.29, 0.717) is 5.92 Å². The van der Waals surface area contributed by atoms with Crippen molar-refractivity contribution < 1.29 is 4.92 Å². The number of thiazole rings is 1. The minimum absolute atomic E-state index is 0.0382. The fourth-order valence-corrected chi connectivity index (χ4v) is 5.08. The van der Waals surface area contributed by atoms with Gasteiger partial charge >= 0.3 is 0 Å². The van der Waals surface area contributed by atoms with E-state index in [9.17, 15) is 10.1 Å². The SMILES string of the molecule is C=C1C=C(CC(NSc2cccc([N+](=O)[O-])c2)c2nc3ccccc3s2)C=CC1C.CC. The highest BCUT2D eigenvalue weighted by atomic mass is 32.2. The molecule has 0 radical (unpaired) electrons. The third-order valence-corrected chi connectivity index (χ3v) is 6.99. The zero-order chi connectivity index (χ0) is 23.1. The Morgan fingerprint density at radius 1 is 1.25 bits per heavy atom. The van der Waals surface area contributed by atoms with Gasteiger partial charge in [-0.3, -0.25) is 10.1 Å². The Labute approximate surface area is 197 Å². The molecule has 166 valence electrons. The van der Waals surface area contributed by atoms with Gasteiger partial charge in [0.1, 0.15) is 5.01 Å². The lowest BCUT2D eigenvalue weighted by Crippen LogP contribution is -2.15. The van der Waals surface area contributed by atoms with E-state index < -0.39 is 0 Å². The number of allylic oxidation sites excluding steroid dienone is 4. The third-order valence-electron chi connectivity index (χ3n) is 4.95. The molecule has 5 nitrogen and oxygen atoms in total. The van der Waals surface area contributed by atoms with Crippen LogP contribution >= 0.6 is 23.3 Å². The second kappa shape index (κ2) is 11.2. The predicted molar refractivity (Wildman–Crippen MR) is 136 cm³/mol. The van der Waals surface area contributed by atoms with Gasteiger partial charge in [-0.15, -0.1) is 11.3 Å². The molecule has 1 aliphatic carbocycles. The van der Waals surface area contributed by atoms with Crippen LogP contribution in [0.5, 0.6) is 0 Å². The molecule has 0 saturated heterocycles. The predicted octanol–water partition coefficient (Wildman–Crippen LogP) is 7.65. The van der Waals surface area contributed by atoms with E-state index in [4.69, 9.17) is 4.98 Å². The monoisotopic (exact) mass is 465 g/mol.